The van der Waals surface area contributed by atoms with Gasteiger partial charge in [0.25, 0.3) is 5.91 Å². The van der Waals surface area contributed by atoms with Crippen molar-refractivity contribution in [3.63, 3.8) is 0 Å². The third-order valence-electron chi connectivity index (χ3n) is 5.12. The zero-order chi connectivity index (χ0) is 20.9. The molecule has 8 heteroatoms. The highest BCUT2D eigenvalue weighted by Crippen LogP contribution is 2.22. The summed E-state index contributed by atoms with van der Waals surface area (Å²) < 4.78 is 6.86. The van der Waals surface area contributed by atoms with E-state index in [4.69, 9.17) is 4.74 Å². The Labute approximate surface area is 174 Å². The Kier molecular flexibility index (Phi) is 5.74. The maximum absolute atomic E-state index is 12.5. The van der Waals surface area contributed by atoms with Crippen molar-refractivity contribution in [2.45, 2.75) is 19.0 Å². The maximum Gasteiger partial charge on any atom is 0.273 e. The lowest BCUT2D eigenvalue weighted by Crippen LogP contribution is -2.51. The Morgan fingerprint density at radius 2 is 1.87 bits per heavy atom. The number of methoxy groups -OCH3 is 1. The highest BCUT2D eigenvalue weighted by atomic mass is 16.5. The number of ether oxygens (including phenoxy) is 1. The summed E-state index contributed by atoms with van der Waals surface area (Å²) in [4.78, 5) is 26.5. The van der Waals surface area contributed by atoms with E-state index in [2.05, 4.69) is 15.6 Å². The molecule has 1 aromatic heterocycles. The lowest BCUT2D eigenvalue weighted by molar-refractivity contribution is -0.136. The number of hydrogen-bond donors (Lipinski definition) is 1. The summed E-state index contributed by atoms with van der Waals surface area (Å²) in [5, 5.41) is 10.9. The molecule has 154 valence electrons. The molecule has 4 rings (SSSR count). The zero-order valence-corrected chi connectivity index (χ0v) is 16.7. The molecule has 30 heavy (non-hydrogen) atoms. The van der Waals surface area contributed by atoms with Gasteiger partial charge in [0.15, 0.2) is 5.69 Å². The number of nitrogens with one attached hydrogen (secondary N) is 1. The van der Waals surface area contributed by atoms with Crippen LogP contribution in [-0.4, -0.2) is 51.9 Å². The van der Waals surface area contributed by atoms with E-state index >= 15 is 0 Å². The first-order valence-electron chi connectivity index (χ1n) is 9.77. The first kappa shape index (κ1) is 19.6. The molecule has 1 fully saturated rings. The van der Waals surface area contributed by atoms with Crippen molar-refractivity contribution in [1.82, 2.24) is 25.2 Å². The van der Waals surface area contributed by atoms with Crippen molar-refractivity contribution in [2.75, 3.05) is 20.2 Å². The topological polar surface area (TPSA) is 89.4 Å². The molecule has 2 heterocycles. The minimum Gasteiger partial charge on any atom is -0.497 e. The minimum atomic E-state index is -0.268. The van der Waals surface area contributed by atoms with Crippen molar-refractivity contribution >= 4 is 11.8 Å². The van der Waals surface area contributed by atoms with Crippen LogP contribution in [0.4, 0.5) is 0 Å². The van der Waals surface area contributed by atoms with E-state index in [-0.39, 0.29) is 23.6 Å². The molecule has 1 aliphatic heterocycles. The van der Waals surface area contributed by atoms with Crippen molar-refractivity contribution in [2.24, 2.45) is 0 Å². The molecule has 2 amide bonds. The monoisotopic (exact) mass is 405 g/mol. The molecule has 0 radical (unpaired) electrons. The number of aromatic nitrogens is 3. The third-order valence-corrected chi connectivity index (χ3v) is 5.12. The Balaban J connectivity index is 1.27. The second-order valence-electron chi connectivity index (χ2n) is 7.23. The van der Waals surface area contributed by atoms with E-state index in [1.807, 2.05) is 54.6 Å². The van der Waals surface area contributed by atoms with E-state index in [1.165, 1.54) is 0 Å². The molecule has 0 aliphatic carbocycles. The van der Waals surface area contributed by atoms with Crippen LogP contribution < -0.4 is 10.1 Å². The highest BCUT2D eigenvalue weighted by molar-refractivity contribution is 5.91. The van der Waals surface area contributed by atoms with Gasteiger partial charge in [0.05, 0.1) is 25.8 Å². The first-order chi connectivity index (χ1) is 14.6. The van der Waals surface area contributed by atoms with Gasteiger partial charge in [0.1, 0.15) is 5.75 Å². The van der Waals surface area contributed by atoms with Gasteiger partial charge in [-0.15, -0.1) is 5.10 Å². The zero-order valence-electron chi connectivity index (χ0n) is 16.7. The van der Waals surface area contributed by atoms with Gasteiger partial charge in [-0.3, -0.25) is 9.59 Å². The molecule has 0 atom stereocenters. The number of amides is 2. The summed E-state index contributed by atoms with van der Waals surface area (Å²) >= 11 is 0. The molecule has 8 nitrogen and oxygen atoms in total. The maximum atomic E-state index is 12.5. The fourth-order valence-electron chi connectivity index (χ4n) is 3.32. The molecule has 0 bridgehead atoms. The van der Waals surface area contributed by atoms with Gasteiger partial charge in [-0.05, 0) is 23.3 Å². The van der Waals surface area contributed by atoms with Crippen LogP contribution in [0.1, 0.15) is 27.7 Å². The summed E-state index contributed by atoms with van der Waals surface area (Å²) in [5.41, 5.74) is 2.20. The third kappa shape index (κ3) is 4.48. The van der Waals surface area contributed by atoms with E-state index in [1.54, 1.807) is 22.9 Å². The molecule has 2 aromatic carbocycles. The molecular weight excluding hydrogens is 382 g/mol. The van der Waals surface area contributed by atoms with Crippen molar-refractivity contribution in [1.29, 1.82) is 0 Å². The van der Waals surface area contributed by atoms with Crippen LogP contribution in [0.5, 0.6) is 5.75 Å². The highest BCUT2D eigenvalue weighted by Gasteiger charge is 2.33. The summed E-state index contributed by atoms with van der Waals surface area (Å²) in [6, 6.07) is 17.2. The number of likely N-dealkylation sites (tertiary alicyclic amines) is 1. The lowest BCUT2D eigenvalue weighted by atomic mass is 10.1. The average Bonchev–Trinajstić information content (AvgIpc) is 3.21. The second-order valence-corrected chi connectivity index (χ2v) is 7.23. The Morgan fingerprint density at radius 3 is 2.63 bits per heavy atom. The molecule has 1 N–H and O–H groups in total. The summed E-state index contributed by atoms with van der Waals surface area (Å²) in [6.07, 6.45) is 1.96. The van der Waals surface area contributed by atoms with Crippen LogP contribution in [0.2, 0.25) is 0 Å². The van der Waals surface area contributed by atoms with Gasteiger partial charge in [-0.2, -0.15) is 0 Å². The summed E-state index contributed by atoms with van der Waals surface area (Å²) in [6.45, 7) is 1.54. The molecular formula is C22H23N5O3. The van der Waals surface area contributed by atoms with Crippen molar-refractivity contribution in [3.8, 4) is 5.75 Å². The van der Waals surface area contributed by atoms with Gasteiger partial charge in [-0.25, -0.2) is 4.68 Å². The largest absolute Gasteiger partial charge is 0.497 e. The summed E-state index contributed by atoms with van der Waals surface area (Å²) in [5.74, 6) is 0.526. The first-order valence-corrected chi connectivity index (χ1v) is 9.77. The van der Waals surface area contributed by atoms with Gasteiger partial charge >= 0.3 is 0 Å². The number of nitrogens with zero attached hydrogens (tertiary/aromatic N) is 4. The van der Waals surface area contributed by atoms with Crippen molar-refractivity contribution in [3.05, 3.63) is 77.6 Å². The predicted octanol–water partition coefficient (Wildman–Crippen LogP) is 1.84. The van der Waals surface area contributed by atoms with Crippen LogP contribution >= 0.6 is 0 Å². The average molecular weight is 405 g/mol. The number of carbonyl (C=O) groups excluding carboxylic acids is 2. The predicted molar refractivity (Wildman–Crippen MR) is 110 cm³/mol. The Bertz CT molecular complexity index is 1030. The number of benzene rings is 2. The number of carbonyl (C=O) groups is 2. The van der Waals surface area contributed by atoms with Crippen LogP contribution in [-0.2, 0) is 17.8 Å². The second kappa shape index (κ2) is 8.77. The SMILES string of the molecule is COc1cccc(CC(=O)N2CC(n3cc(C(=O)NCc4ccccc4)nn3)C2)c1. The van der Waals surface area contributed by atoms with Crippen LogP contribution in [0, 0.1) is 0 Å². The fourth-order valence-corrected chi connectivity index (χ4v) is 3.32. The van der Waals surface area contributed by atoms with E-state index < -0.39 is 0 Å². The molecule has 0 unspecified atom stereocenters. The van der Waals surface area contributed by atoms with E-state index in [0.29, 0.717) is 26.1 Å². The quantitative estimate of drug-likeness (QED) is 0.648. The van der Waals surface area contributed by atoms with E-state index in [9.17, 15) is 9.59 Å². The molecule has 0 spiro atoms. The van der Waals surface area contributed by atoms with Crippen LogP contribution in [0.15, 0.2) is 60.8 Å². The van der Waals surface area contributed by atoms with Gasteiger partial charge in [-0.1, -0.05) is 47.7 Å². The van der Waals surface area contributed by atoms with Crippen LogP contribution in [0.3, 0.4) is 0 Å². The van der Waals surface area contributed by atoms with Crippen molar-refractivity contribution < 1.29 is 14.3 Å². The lowest BCUT2D eigenvalue weighted by Gasteiger charge is -2.39. The number of hydrogen-bond acceptors (Lipinski definition) is 5. The molecule has 0 saturated carbocycles. The molecule has 1 aliphatic rings. The molecule has 1 saturated heterocycles. The Morgan fingerprint density at radius 1 is 1.10 bits per heavy atom. The Hall–Kier alpha value is -3.68. The standard InChI is InChI=1S/C22H23N5O3/c1-30-19-9-5-8-17(10-19)11-21(28)26-13-18(14-26)27-15-20(24-25-27)22(29)23-12-16-6-3-2-4-7-16/h2-10,15,18H,11-14H2,1H3,(H,23,29). The minimum absolute atomic E-state index is 0.0300. The normalized spacial score (nSPS) is 13.6. The molecule has 3 aromatic rings. The smallest absolute Gasteiger partial charge is 0.273 e. The van der Waals surface area contributed by atoms with Crippen LogP contribution in [0.25, 0.3) is 0 Å². The van der Waals surface area contributed by atoms with Gasteiger partial charge < -0.3 is 15.0 Å². The summed E-state index contributed by atoms with van der Waals surface area (Å²) in [7, 11) is 1.61. The van der Waals surface area contributed by atoms with Gasteiger partial charge in [0, 0.05) is 19.6 Å². The fraction of sp³-hybridized carbons (Fsp3) is 0.273. The van der Waals surface area contributed by atoms with E-state index in [0.717, 1.165) is 16.9 Å². The van der Waals surface area contributed by atoms with Gasteiger partial charge in [0.2, 0.25) is 5.91 Å². The number of rotatable bonds is 7.